The second kappa shape index (κ2) is 10.2. The number of unbranched alkanes of at least 4 members (excludes halogenated alkanes) is 2. The smallest absolute Gasteiger partial charge is 0.272 e. The molecule has 5 nitrogen and oxygen atoms in total. The number of nitrogens with one attached hydrogen (secondary N) is 3. The molecule has 0 saturated heterocycles. The van der Waals surface area contributed by atoms with E-state index in [1.54, 1.807) is 0 Å². The van der Waals surface area contributed by atoms with Gasteiger partial charge in [-0.3, -0.25) is 4.79 Å². The van der Waals surface area contributed by atoms with Crippen molar-refractivity contribution in [2.75, 3.05) is 18.4 Å². The highest BCUT2D eigenvalue weighted by molar-refractivity contribution is 5.94. The van der Waals surface area contributed by atoms with E-state index in [2.05, 4.69) is 53.7 Å². The molecule has 3 aromatic rings. The summed E-state index contributed by atoms with van der Waals surface area (Å²) in [5.41, 5.74) is 2.71. The molecule has 1 heterocycles. The molecule has 3 N–H and O–H groups in total. The van der Waals surface area contributed by atoms with Crippen molar-refractivity contribution in [1.82, 2.24) is 15.5 Å². The summed E-state index contributed by atoms with van der Waals surface area (Å²) in [7, 11) is 0. The fourth-order valence-electron chi connectivity index (χ4n) is 3.34. The van der Waals surface area contributed by atoms with Gasteiger partial charge < -0.3 is 10.6 Å². The van der Waals surface area contributed by atoms with E-state index in [0.717, 1.165) is 41.8 Å². The van der Waals surface area contributed by atoms with E-state index in [9.17, 15) is 4.79 Å². The molecule has 0 aliphatic heterocycles. The predicted molar refractivity (Wildman–Crippen MR) is 122 cm³/mol. The van der Waals surface area contributed by atoms with Gasteiger partial charge in [0.2, 0.25) is 0 Å². The first-order chi connectivity index (χ1) is 14.1. The Morgan fingerprint density at radius 2 is 1.69 bits per heavy atom. The van der Waals surface area contributed by atoms with Crippen LogP contribution < -0.4 is 16.2 Å². The van der Waals surface area contributed by atoms with Crippen molar-refractivity contribution in [2.24, 2.45) is 5.92 Å². The molecule has 1 unspecified atom stereocenters. The van der Waals surface area contributed by atoms with Gasteiger partial charge >= 0.3 is 0 Å². The predicted octanol–water partition coefficient (Wildman–Crippen LogP) is 4.81. The van der Waals surface area contributed by atoms with Gasteiger partial charge in [0.15, 0.2) is 0 Å². The van der Waals surface area contributed by atoms with Crippen LogP contribution in [-0.2, 0) is 0 Å². The zero-order chi connectivity index (χ0) is 20.6. The van der Waals surface area contributed by atoms with Crippen molar-refractivity contribution in [2.45, 2.75) is 46.1 Å². The third-order valence-corrected chi connectivity index (χ3v) is 5.48. The summed E-state index contributed by atoms with van der Waals surface area (Å²) in [4.78, 5) is 12.0. The standard InChI is InChI=1S/C24H32N4O/c1-17(2)18(3)25-14-7-4-8-15-26-20-11-9-10-19(16-20)23-21-12-5-6-13-22(21)24(29)28-27-23/h5-6,9-13,16-18,25-26H,4,7-8,14-15H2,1-3H3,(H,28,29). The Morgan fingerprint density at radius 1 is 0.931 bits per heavy atom. The fraction of sp³-hybridized carbons (Fsp3) is 0.417. The maximum Gasteiger partial charge on any atom is 0.272 e. The number of nitrogens with zero attached hydrogens (tertiary/aromatic N) is 1. The molecule has 0 aliphatic rings. The number of fused-ring (bicyclic) bond motifs is 1. The normalized spacial score (nSPS) is 12.4. The molecule has 5 heteroatoms. The Kier molecular flexibility index (Phi) is 7.42. The van der Waals surface area contributed by atoms with Crippen LogP contribution in [0.2, 0.25) is 0 Å². The Bertz CT molecular complexity index is 980. The Morgan fingerprint density at radius 3 is 2.48 bits per heavy atom. The summed E-state index contributed by atoms with van der Waals surface area (Å²) in [5.74, 6) is 0.679. The monoisotopic (exact) mass is 392 g/mol. The summed E-state index contributed by atoms with van der Waals surface area (Å²) in [6, 6.07) is 16.4. The molecule has 0 saturated carbocycles. The van der Waals surface area contributed by atoms with E-state index in [1.165, 1.54) is 12.8 Å². The lowest BCUT2D eigenvalue weighted by Gasteiger charge is -2.17. The molecule has 2 aromatic carbocycles. The minimum atomic E-state index is -0.157. The van der Waals surface area contributed by atoms with E-state index >= 15 is 0 Å². The molecule has 29 heavy (non-hydrogen) atoms. The van der Waals surface area contributed by atoms with Crippen molar-refractivity contribution in [1.29, 1.82) is 0 Å². The molecule has 0 spiro atoms. The van der Waals surface area contributed by atoms with Gasteiger partial charge in [-0.15, -0.1) is 0 Å². The summed E-state index contributed by atoms with van der Waals surface area (Å²) in [6.45, 7) is 8.78. The van der Waals surface area contributed by atoms with Gasteiger partial charge in [0, 0.05) is 29.2 Å². The highest BCUT2D eigenvalue weighted by Crippen LogP contribution is 2.26. The molecule has 3 rings (SSSR count). The molecular weight excluding hydrogens is 360 g/mol. The number of anilines is 1. The van der Waals surface area contributed by atoms with Crippen LogP contribution in [-0.4, -0.2) is 29.3 Å². The number of rotatable bonds is 10. The lowest BCUT2D eigenvalue weighted by molar-refractivity contribution is 0.421. The fourth-order valence-corrected chi connectivity index (χ4v) is 3.34. The van der Waals surface area contributed by atoms with Crippen molar-refractivity contribution in [3.8, 4) is 11.3 Å². The van der Waals surface area contributed by atoms with E-state index in [4.69, 9.17) is 0 Å². The van der Waals surface area contributed by atoms with Crippen molar-refractivity contribution >= 4 is 16.5 Å². The molecule has 154 valence electrons. The first-order valence-corrected chi connectivity index (χ1v) is 10.6. The summed E-state index contributed by atoms with van der Waals surface area (Å²) in [6.07, 6.45) is 3.55. The van der Waals surface area contributed by atoms with Gasteiger partial charge in [-0.05, 0) is 50.4 Å². The minimum absolute atomic E-state index is 0.157. The third kappa shape index (κ3) is 5.67. The van der Waals surface area contributed by atoms with Crippen LogP contribution in [0.4, 0.5) is 5.69 Å². The molecule has 1 atom stereocenters. The average molecular weight is 393 g/mol. The zero-order valence-electron chi connectivity index (χ0n) is 17.7. The largest absolute Gasteiger partial charge is 0.385 e. The highest BCUT2D eigenvalue weighted by atomic mass is 16.1. The van der Waals surface area contributed by atoms with E-state index in [-0.39, 0.29) is 5.56 Å². The lowest BCUT2D eigenvalue weighted by atomic mass is 10.0. The summed E-state index contributed by atoms with van der Waals surface area (Å²) < 4.78 is 0. The number of hydrogen-bond donors (Lipinski definition) is 3. The number of hydrogen-bond acceptors (Lipinski definition) is 4. The van der Waals surface area contributed by atoms with Crippen LogP contribution >= 0.6 is 0 Å². The Hall–Kier alpha value is -2.66. The van der Waals surface area contributed by atoms with Gasteiger partial charge in [0.25, 0.3) is 5.56 Å². The second-order valence-corrected chi connectivity index (χ2v) is 8.00. The minimum Gasteiger partial charge on any atom is -0.385 e. The third-order valence-electron chi connectivity index (χ3n) is 5.48. The van der Waals surface area contributed by atoms with Gasteiger partial charge in [0.1, 0.15) is 0 Å². The van der Waals surface area contributed by atoms with E-state index < -0.39 is 0 Å². The van der Waals surface area contributed by atoms with E-state index in [1.807, 2.05) is 36.4 Å². The topological polar surface area (TPSA) is 69.8 Å². The molecule has 0 fully saturated rings. The molecule has 1 aromatic heterocycles. The zero-order valence-corrected chi connectivity index (χ0v) is 17.7. The van der Waals surface area contributed by atoms with Gasteiger partial charge in [-0.1, -0.05) is 50.6 Å². The quantitative estimate of drug-likeness (QED) is 0.433. The molecule has 0 radical (unpaired) electrons. The first kappa shape index (κ1) is 21.1. The van der Waals surface area contributed by atoms with Gasteiger partial charge in [-0.2, -0.15) is 5.10 Å². The SMILES string of the molecule is CC(C)C(C)NCCCCCNc1cccc(-c2n[nH]c(=O)c3ccccc23)c1. The molecule has 0 bridgehead atoms. The Labute approximate surface area is 172 Å². The van der Waals surface area contributed by atoms with Crippen LogP contribution in [0.3, 0.4) is 0 Å². The first-order valence-electron chi connectivity index (χ1n) is 10.6. The van der Waals surface area contributed by atoms with E-state index in [0.29, 0.717) is 17.3 Å². The van der Waals surface area contributed by atoms with Crippen molar-refractivity contribution in [3.63, 3.8) is 0 Å². The summed E-state index contributed by atoms with van der Waals surface area (Å²) in [5, 5.41) is 15.5. The number of aromatic nitrogens is 2. The molecular formula is C24H32N4O. The van der Waals surface area contributed by atoms with Gasteiger partial charge in [-0.25, -0.2) is 5.10 Å². The Balaban J connectivity index is 1.55. The van der Waals surface area contributed by atoms with Crippen molar-refractivity contribution in [3.05, 3.63) is 58.9 Å². The van der Waals surface area contributed by atoms with Gasteiger partial charge in [0.05, 0.1) is 11.1 Å². The maximum absolute atomic E-state index is 12.0. The number of benzene rings is 2. The van der Waals surface area contributed by atoms with Crippen molar-refractivity contribution < 1.29 is 0 Å². The van der Waals surface area contributed by atoms with Crippen LogP contribution in [0.15, 0.2) is 53.3 Å². The lowest BCUT2D eigenvalue weighted by Crippen LogP contribution is -2.31. The number of H-pyrrole nitrogens is 1. The average Bonchev–Trinajstić information content (AvgIpc) is 2.73. The second-order valence-electron chi connectivity index (χ2n) is 8.00. The number of aromatic amines is 1. The van der Waals surface area contributed by atoms with Crippen LogP contribution in [0.25, 0.3) is 22.0 Å². The van der Waals surface area contributed by atoms with Crippen LogP contribution in [0.1, 0.15) is 40.0 Å². The summed E-state index contributed by atoms with van der Waals surface area (Å²) >= 11 is 0. The van der Waals surface area contributed by atoms with Crippen LogP contribution in [0.5, 0.6) is 0 Å². The maximum atomic E-state index is 12.0. The highest BCUT2D eigenvalue weighted by Gasteiger charge is 2.09. The molecule has 0 amide bonds. The molecule has 0 aliphatic carbocycles. The van der Waals surface area contributed by atoms with Crippen LogP contribution in [0, 0.1) is 5.92 Å².